The van der Waals surface area contributed by atoms with Gasteiger partial charge in [-0.1, -0.05) is 18.2 Å². The normalized spacial score (nSPS) is 11.1. The van der Waals surface area contributed by atoms with Crippen molar-refractivity contribution in [3.63, 3.8) is 0 Å². The lowest BCUT2D eigenvalue weighted by molar-refractivity contribution is 0.324. The molecule has 4 aromatic rings. The molecule has 0 atom stereocenters. The molecule has 2 heterocycles. The molecule has 0 bridgehead atoms. The second-order valence-electron chi connectivity index (χ2n) is 6.05. The SMILES string of the molecule is COc1cc(-c2nccc3c4ccccc4n(C)c23)cc(OC)c1OC. The Bertz CT molecular complexity index is 1090. The van der Waals surface area contributed by atoms with Gasteiger partial charge in [0.2, 0.25) is 5.75 Å². The molecule has 0 unspecified atom stereocenters. The number of nitrogens with zero attached hydrogens (tertiary/aromatic N) is 2. The monoisotopic (exact) mass is 348 g/mol. The highest BCUT2D eigenvalue weighted by atomic mass is 16.5. The van der Waals surface area contributed by atoms with Crippen LogP contribution in [-0.2, 0) is 7.05 Å². The lowest BCUT2D eigenvalue weighted by atomic mass is 10.1. The quantitative estimate of drug-likeness (QED) is 0.548. The fraction of sp³-hybridized carbons (Fsp3) is 0.190. The minimum atomic E-state index is 0.572. The zero-order valence-electron chi connectivity index (χ0n) is 15.2. The number of hydrogen-bond acceptors (Lipinski definition) is 4. The van der Waals surface area contributed by atoms with E-state index in [-0.39, 0.29) is 0 Å². The first-order chi connectivity index (χ1) is 12.7. The third kappa shape index (κ3) is 2.28. The van der Waals surface area contributed by atoms with Crippen molar-refractivity contribution >= 4 is 21.8 Å². The van der Waals surface area contributed by atoms with Crippen molar-refractivity contribution < 1.29 is 14.2 Å². The number of ether oxygens (including phenoxy) is 3. The average molecular weight is 348 g/mol. The Balaban J connectivity index is 2.07. The van der Waals surface area contributed by atoms with Gasteiger partial charge < -0.3 is 18.8 Å². The van der Waals surface area contributed by atoms with Crippen molar-refractivity contribution in [2.75, 3.05) is 21.3 Å². The second kappa shape index (κ2) is 6.26. The fourth-order valence-corrected chi connectivity index (χ4v) is 3.55. The molecule has 4 rings (SSSR count). The summed E-state index contributed by atoms with van der Waals surface area (Å²) < 4.78 is 18.6. The maximum Gasteiger partial charge on any atom is 0.203 e. The molecule has 5 nitrogen and oxygen atoms in total. The molecule has 0 radical (unpaired) electrons. The molecule has 0 saturated heterocycles. The molecule has 2 aromatic carbocycles. The molecule has 0 saturated carbocycles. The Kier molecular flexibility index (Phi) is 3.92. The van der Waals surface area contributed by atoms with Gasteiger partial charge in [-0.05, 0) is 24.3 Å². The van der Waals surface area contributed by atoms with Crippen LogP contribution in [-0.4, -0.2) is 30.9 Å². The van der Waals surface area contributed by atoms with Gasteiger partial charge in [-0.15, -0.1) is 0 Å². The van der Waals surface area contributed by atoms with Crippen LogP contribution in [0.4, 0.5) is 0 Å². The molecule has 0 aliphatic carbocycles. The number of rotatable bonds is 4. The van der Waals surface area contributed by atoms with Crippen LogP contribution >= 0.6 is 0 Å². The molecule has 2 aromatic heterocycles. The van der Waals surface area contributed by atoms with Crippen molar-refractivity contribution in [1.82, 2.24) is 9.55 Å². The minimum Gasteiger partial charge on any atom is -0.493 e. The van der Waals surface area contributed by atoms with E-state index < -0.39 is 0 Å². The molecular weight excluding hydrogens is 328 g/mol. The van der Waals surface area contributed by atoms with Gasteiger partial charge in [0.05, 0.1) is 32.5 Å². The molecule has 0 aliphatic rings. The van der Waals surface area contributed by atoms with E-state index in [0.29, 0.717) is 17.2 Å². The Hall–Kier alpha value is -3.21. The zero-order valence-corrected chi connectivity index (χ0v) is 15.2. The molecule has 0 N–H and O–H groups in total. The topological polar surface area (TPSA) is 45.5 Å². The number of fused-ring (bicyclic) bond motifs is 3. The average Bonchev–Trinajstić information content (AvgIpc) is 2.99. The lowest BCUT2D eigenvalue weighted by Gasteiger charge is -2.14. The Morgan fingerprint density at radius 3 is 2.19 bits per heavy atom. The molecule has 0 amide bonds. The highest BCUT2D eigenvalue weighted by Gasteiger charge is 2.18. The van der Waals surface area contributed by atoms with Crippen LogP contribution in [0.2, 0.25) is 0 Å². The number of aryl methyl sites for hydroxylation is 1. The van der Waals surface area contributed by atoms with E-state index in [1.54, 1.807) is 21.3 Å². The van der Waals surface area contributed by atoms with Crippen molar-refractivity contribution in [2.24, 2.45) is 7.05 Å². The number of benzene rings is 2. The largest absolute Gasteiger partial charge is 0.493 e. The van der Waals surface area contributed by atoms with Gasteiger partial charge in [0, 0.05) is 35.1 Å². The van der Waals surface area contributed by atoms with E-state index >= 15 is 0 Å². The standard InChI is InChI=1S/C21H20N2O3/c1-23-16-8-6-5-7-14(16)15-9-10-22-19(20(15)23)13-11-17(24-2)21(26-4)18(12-13)25-3/h5-12H,1-4H3. The number of pyridine rings is 1. The lowest BCUT2D eigenvalue weighted by Crippen LogP contribution is -1.97. The zero-order chi connectivity index (χ0) is 18.3. The summed E-state index contributed by atoms with van der Waals surface area (Å²) in [6.45, 7) is 0. The number of aromatic nitrogens is 2. The van der Waals surface area contributed by atoms with Crippen LogP contribution in [0, 0.1) is 0 Å². The summed E-state index contributed by atoms with van der Waals surface area (Å²) in [6.07, 6.45) is 1.84. The van der Waals surface area contributed by atoms with E-state index in [1.807, 2.05) is 24.4 Å². The Labute approximate surface area is 151 Å². The summed E-state index contributed by atoms with van der Waals surface area (Å²) in [6, 6.07) is 14.3. The van der Waals surface area contributed by atoms with E-state index in [1.165, 1.54) is 16.3 Å². The van der Waals surface area contributed by atoms with Gasteiger partial charge in [-0.2, -0.15) is 0 Å². The number of methoxy groups -OCH3 is 3. The third-order valence-electron chi connectivity index (χ3n) is 4.75. The summed E-state index contributed by atoms with van der Waals surface area (Å²) in [5.41, 5.74) is 4.03. The molecule has 0 aliphatic heterocycles. The summed E-state index contributed by atoms with van der Waals surface area (Å²) in [5, 5.41) is 2.38. The van der Waals surface area contributed by atoms with Crippen molar-refractivity contribution in [1.29, 1.82) is 0 Å². The summed E-state index contributed by atoms with van der Waals surface area (Å²) >= 11 is 0. The van der Waals surface area contributed by atoms with Crippen molar-refractivity contribution in [3.8, 4) is 28.5 Å². The van der Waals surface area contributed by atoms with Crippen molar-refractivity contribution in [2.45, 2.75) is 0 Å². The van der Waals surface area contributed by atoms with E-state index in [4.69, 9.17) is 14.2 Å². The molecule has 26 heavy (non-hydrogen) atoms. The maximum absolute atomic E-state index is 5.50. The smallest absolute Gasteiger partial charge is 0.203 e. The van der Waals surface area contributed by atoms with Crippen molar-refractivity contribution in [3.05, 3.63) is 48.7 Å². The van der Waals surface area contributed by atoms with Crippen LogP contribution in [0.5, 0.6) is 17.2 Å². The van der Waals surface area contributed by atoms with Crippen LogP contribution in [0.25, 0.3) is 33.1 Å². The van der Waals surface area contributed by atoms with Gasteiger partial charge in [-0.25, -0.2) is 0 Å². The fourth-order valence-electron chi connectivity index (χ4n) is 3.55. The first kappa shape index (κ1) is 16.3. The Morgan fingerprint density at radius 2 is 1.54 bits per heavy atom. The molecule has 0 spiro atoms. The van der Waals surface area contributed by atoms with E-state index in [9.17, 15) is 0 Å². The van der Waals surface area contributed by atoms with Gasteiger partial charge in [0.25, 0.3) is 0 Å². The predicted octanol–water partition coefficient (Wildman–Crippen LogP) is 4.42. The maximum atomic E-state index is 5.50. The highest BCUT2D eigenvalue weighted by molar-refractivity contribution is 6.11. The van der Waals surface area contributed by atoms with Gasteiger partial charge in [0.1, 0.15) is 0 Å². The summed E-state index contributed by atoms with van der Waals surface area (Å²) in [7, 11) is 6.90. The molecular formula is C21H20N2O3. The van der Waals surface area contributed by atoms with Gasteiger partial charge in [-0.3, -0.25) is 4.98 Å². The third-order valence-corrected chi connectivity index (χ3v) is 4.75. The van der Waals surface area contributed by atoms with E-state index in [0.717, 1.165) is 16.8 Å². The minimum absolute atomic E-state index is 0.572. The summed E-state index contributed by atoms with van der Waals surface area (Å²) in [4.78, 5) is 4.67. The van der Waals surface area contributed by atoms with Crippen LogP contribution < -0.4 is 14.2 Å². The number of hydrogen-bond donors (Lipinski definition) is 0. The van der Waals surface area contributed by atoms with Crippen LogP contribution in [0.15, 0.2) is 48.7 Å². The summed E-state index contributed by atoms with van der Waals surface area (Å²) in [5.74, 6) is 1.79. The van der Waals surface area contributed by atoms with Crippen LogP contribution in [0.3, 0.4) is 0 Å². The second-order valence-corrected chi connectivity index (χ2v) is 6.05. The first-order valence-electron chi connectivity index (χ1n) is 8.32. The molecule has 0 fully saturated rings. The van der Waals surface area contributed by atoms with Gasteiger partial charge >= 0.3 is 0 Å². The highest BCUT2D eigenvalue weighted by Crippen LogP contribution is 2.42. The van der Waals surface area contributed by atoms with Gasteiger partial charge in [0.15, 0.2) is 11.5 Å². The van der Waals surface area contributed by atoms with E-state index in [2.05, 4.69) is 40.9 Å². The first-order valence-corrected chi connectivity index (χ1v) is 8.32. The number of para-hydroxylation sites is 1. The van der Waals surface area contributed by atoms with Crippen LogP contribution in [0.1, 0.15) is 0 Å². The Morgan fingerprint density at radius 1 is 0.846 bits per heavy atom. The predicted molar refractivity (Wildman–Crippen MR) is 103 cm³/mol. The molecule has 132 valence electrons. The molecule has 5 heteroatoms.